The smallest absolute Gasteiger partial charge is 0.236 e. The van der Waals surface area contributed by atoms with Gasteiger partial charge < -0.3 is 10.6 Å². The number of carbonyl (C=O) groups excluding carboxylic acids is 1. The highest BCUT2D eigenvalue weighted by Crippen LogP contribution is 2.18. The van der Waals surface area contributed by atoms with Crippen LogP contribution in [-0.4, -0.2) is 18.5 Å². The molecular weight excluding hydrogens is 283 g/mol. The molecule has 106 valence electrons. The fourth-order valence-electron chi connectivity index (χ4n) is 1.53. The van der Waals surface area contributed by atoms with Gasteiger partial charge in [0.25, 0.3) is 0 Å². The number of amides is 1. The van der Waals surface area contributed by atoms with Gasteiger partial charge in [-0.15, -0.1) is 0 Å². The third-order valence-corrected chi connectivity index (χ3v) is 3.05. The first-order chi connectivity index (χ1) is 8.88. The van der Waals surface area contributed by atoms with Gasteiger partial charge in [-0.1, -0.05) is 37.0 Å². The van der Waals surface area contributed by atoms with E-state index in [9.17, 15) is 4.79 Å². The van der Waals surface area contributed by atoms with E-state index in [1.807, 2.05) is 19.1 Å². The average molecular weight is 303 g/mol. The number of benzene rings is 1. The van der Waals surface area contributed by atoms with Crippen LogP contribution in [0, 0.1) is 5.92 Å². The van der Waals surface area contributed by atoms with Crippen molar-refractivity contribution in [2.75, 3.05) is 6.54 Å². The Hall–Kier alpha value is -0.770. The summed E-state index contributed by atoms with van der Waals surface area (Å²) in [5.74, 6) is 0.449. The van der Waals surface area contributed by atoms with Gasteiger partial charge in [0.05, 0.1) is 6.04 Å². The highest BCUT2D eigenvalue weighted by molar-refractivity contribution is 6.34. The van der Waals surface area contributed by atoms with Crippen molar-refractivity contribution in [3.63, 3.8) is 0 Å². The summed E-state index contributed by atoms with van der Waals surface area (Å²) in [7, 11) is 0. The van der Waals surface area contributed by atoms with Gasteiger partial charge in [-0.25, -0.2) is 0 Å². The molecule has 1 amide bonds. The Kier molecular flexibility index (Phi) is 6.63. The predicted octanol–water partition coefficient (Wildman–Crippen LogP) is 3.24. The van der Waals surface area contributed by atoms with Crippen LogP contribution in [0.3, 0.4) is 0 Å². The zero-order chi connectivity index (χ0) is 14.4. The van der Waals surface area contributed by atoms with Crippen LogP contribution in [0.5, 0.6) is 0 Å². The third kappa shape index (κ3) is 6.28. The van der Waals surface area contributed by atoms with Crippen molar-refractivity contribution in [2.45, 2.75) is 33.4 Å². The minimum atomic E-state index is -0.253. The van der Waals surface area contributed by atoms with Crippen LogP contribution in [0.1, 0.15) is 26.3 Å². The van der Waals surface area contributed by atoms with Gasteiger partial charge in [-0.3, -0.25) is 4.79 Å². The number of nitrogens with one attached hydrogen (secondary N) is 2. The molecule has 1 unspecified atom stereocenters. The van der Waals surface area contributed by atoms with Crippen molar-refractivity contribution in [3.8, 4) is 0 Å². The average Bonchev–Trinajstić information content (AvgIpc) is 2.31. The second-order valence-corrected chi connectivity index (χ2v) is 5.89. The molecule has 1 aromatic rings. The molecule has 2 N–H and O–H groups in total. The second kappa shape index (κ2) is 7.73. The van der Waals surface area contributed by atoms with Crippen LogP contribution in [0.25, 0.3) is 0 Å². The largest absolute Gasteiger partial charge is 0.354 e. The summed E-state index contributed by atoms with van der Waals surface area (Å²) in [5.41, 5.74) is 0.959. The minimum Gasteiger partial charge on any atom is -0.354 e. The Labute approximate surface area is 124 Å². The molecule has 0 saturated heterocycles. The third-order valence-electron chi connectivity index (χ3n) is 2.61. The lowest BCUT2D eigenvalue weighted by Gasteiger charge is -2.15. The first-order valence-corrected chi connectivity index (χ1v) is 7.10. The summed E-state index contributed by atoms with van der Waals surface area (Å²) in [6.45, 7) is 7.20. The van der Waals surface area contributed by atoms with Gasteiger partial charge in [-0.05, 0) is 36.6 Å². The Bertz CT molecular complexity index is 415. The van der Waals surface area contributed by atoms with Crippen molar-refractivity contribution in [1.29, 1.82) is 0 Å². The lowest BCUT2D eigenvalue weighted by atomic mass is 10.2. The van der Waals surface area contributed by atoms with Crippen LogP contribution in [-0.2, 0) is 11.3 Å². The van der Waals surface area contributed by atoms with Gasteiger partial charge in [0.1, 0.15) is 0 Å². The number of rotatable bonds is 6. The molecule has 0 spiro atoms. The molecule has 0 fully saturated rings. The normalized spacial score (nSPS) is 12.5. The zero-order valence-corrected chi connectivity index (χ0v) is 13.0. The maximum Gasteiger partial charge on any atom is 0.236 e. The van der Waals surface area contributed by atoms with E-state index in [1.165, 1.54) is 0 Å². The van der Waals surface area contributed by atoms with E-state index in [1.54, 1.807) is 6.07 Å². The molecule has 5 heteroatoms. The molecule has 3 nitrogen and oxygen atoms in total. The van der Waals surface area contributed by atoms with E-state index in [0.29, 0.717) is 29.1 Å². The van der Waals surface area contributed by atoms with Crippen LogP contribution >= 0.6 is 23.2 Å². The Morgan fingerprint density at radius 3 is 2.26 bits per heavy atom. The Morgan fingerprint density at radius 2 is 1.74 bits per heavy atom. The maximum absolute atomic E-state index is 11.8. The molecule has 1 atom stereocenters. The quantitative estimate of drug-likeness (QED) is 0.847. The number of halogens is 2. The van der Waals surface area contributed by atoms with E-state index >= 15 is 0 Å². The predicted molar refractivity (Wildman–Crippen MR) is 80.6 cm³/mol. The fraction of sp³-hybridized carbons (Fsp3) is 0.500. The van der Waals surface area contributed by atoms with E-state index < -0.39 is 0 Å². The molecule has 0 saturated carbocycles. The molecule has 0 bridgehead atoms. The summed E-state index contributed by atoms with van der Waals surface area (Å²) in [5, 5.41) is 7.23. The van der Waals surface area contributed by atoms with Crippen LogP contribution in [0.4, 0.5) is 0 Å². The lowest BCUT2D eigenvalue weighted by Crippen LogP contribution is -2.42. The summed E-state index contributed by atoms with van der Waals surface area (Å²) in [6.07, 6.45) is 0. The molecule has 0 heterocycles. The minimum absolute atomic E-state index is 0.00169. The van der Waals surface area contributed by atoms with Crippen LogP contribution in [0.2, 0.25) is 10.0 Å². The monoisotopic (exact) mass is 302 g/mol. The van der Waals surface area contributed by atoms with Crippen LogP contribution < -0.4 is 10.6 Å². The number of carbonyl (C=O) groups is 1. The standard InChI is InChI=1S/C14H20Cl2N2O/c1-9(2)7-18-14(19)10(3)17-8-11-4-12(15)6-13(16)5-11/h4-6,9-10,17H,7-8H2,1-3H3,(H,18,19). The van der Waals surface area contributed by atoms with Crippen molar-refractivity contribution in [1.82, 2.24) is 10.6 Å². The second-order valence-electron chi connectivity index (χ2n) is 5.02. The Morgan fingerprint density at radius 1 is 1.16 bits per heavy atom. The lowest BCUT2D eigenvalue weighted by molar-refractivity contribution is -0.122. The molecular formula is C14H20Cl2N2O. The van der Waals surface area contributed by atoms with Gasteiger partial charge in [0, 0.05) is 23.1 Å². The van der Waals surface area contributed by atoms with Crippen LogP contribution in [0.15, 0.2) is 18.2 Å². The molecule has 0 aliphatic carbocycles. The molecule has 0 aliphatic heterocycles. The van der Waals surface area contributed by atoms with Gasteiger partial charge in [0.15, 0.2) is 0 Å². The van der Waals surface area contributed by atoms with E-state index in [2.05, 4.69) is 24.5 Å². The summed E-state index contributed by atoms with van der Waals surface area (Å²) < 4.78 is 0. The highest BCUT2D eigenvalue weighted by atomic mass is 35.5. The topological polar surface area (TPSA) is 41.1 Å². The summed E-state index contributed by atoms with van der Waals surface area (Å²) in [6, 6.07) is 5.10. The molecule has 19 heavy (non-hydrogen) atoms. The van der Waals surface area contributed by atoms with Gasteiger partial charge in [0.2, 0.25) is 5.91 Å². The summed E-state index contributed by atoms with van der Waals surface area (Å²) in [4.78, 5) is 11.8. The fourth-order valence-corrected chi connectivity index (χ4v) is 2.11. The van der Waals surface area contributed by atoms with Gasteiger partial charge in [-0.2, -0.15) is 0 Å². The first-order valence-electron chi connectivity index (χ1n) is 6.34. The SMILES string of the molecule is CC(C)CNC(=O)C(C)NCc1cc(Cl)cc(Cl)c1. The molecule has 1 aromatic carbocycles. The highest BCUT2D eigenvalue weighted by Gasteiger charge is 2.12. The van der Waals surface area contributed by atoms with E-state index in [0.717, 1.165) is 5.56 Å². The number of hydrogen-bond acceptors (Lipinski definition) is 2. The molecule has 0 aliphatic rings. The van der Waals surface area contributed by atoms with Gasteiger partial charge >= 0.3 is 0 Å². The van der Waals surface area contributed by atoms with Crippen molar-refractivity contribution in [3.05, 3.63) is 33.8 Å². The van der Waals surface area contributed by atoms with Crippen molar-refractivity contribution in [2.24, 2.45) is 5.92 Å². The summed E-state index contributed by atoms with van der Waals surface area (Å²) >= 11 is 11.8. The molecule has 0 radical (unpaired) electrons. The van der Waals surface area contributed by atoms with Crippen molar-refractivity contribution >= 4 is 29.1 Å². The van der Waals surface area contributed by atoms with Crippen molar-refractivity contribution < 1.29 is 4.79 Å². The maximum atomic E-state index is 11.8. The van der Waals surface area contributed by atoms with E-state index in [-0.39, 0.29) is 11.9 Å². The van der Waals surface area contributed by atoms with E-state index in [4.69, 9.17) is 23.2 Å². The molecule has 0 aromatic heterocycles. The first kappa shape index (κ1) is 16.3. The number of hydrogen-bond donors (Lipinski definition) is 2. The Balaban J connectivity index is 2.44. The molecule has 1 rings (SSSR count). The zero-order valence-electron chi connectivity index (χ0n) is 11.5.